The highest BCUT2D eigenvalue weighted by Crippen LogP contribution is 2.15. The van der Waals surface area contributed by atoms with Crippen LogP contribution in [0.25, 0.3) is 0 Å². The molecular formula is C11H21ClN4O2. The third-order valence-corrected chi connectivity index (χ3v) is 2.91. The molecule has 1 saturated heterocycles. The molecule has 2 rings (SSSR count). The van der Waals surface area contributed by atoms with Gasteiger partial charge in [-0.3, -0.25) is 4.90 Å². The lowest BCUT2D eigenvalue weighted by Crippen LogP contribution is -2.45. The number of nitrogens with two attached hydrogens (primary N) is 1. The minimum Gasteiger partial charge on any atom is -0.373 e. The van der Waals surface area contributed by atoms with Crippen LogP contribution in [0.2, 0.25) is 0 Å². The number of morpholine rings is 1. The summed E-state index contributed by atoms with van der Waals surface area (Å²) in [6, 6.07) is 0. The Morgan fingerprint density at radius 2 is 2.22 bits per heavy atom. The van der Waals surface area contributed by atoms with Crippen molar-refractivity contribution in [1.29, 1.82) is 0 Å². The van der Waals surface area contributed by atoms with Gasteiger partial charge in [0.2, 0.25) is 5.89 Å². The summed E-state index contributed by atoms with van der Waals surface area (Å²) in [5.74, 6) is 1.20. The fourth-order valence-electron chi connectivity index (χ4n) is 2.13. The predicted molar refractivity (Wildman–Crippen MR) is 69.3 cm³/mol. The highest BCUT2D eigenvalue weighted by molar-refractivity contribution is 5.85. The fraction of sp³-hybridized carbons (Fsp3) is 0.818. The molecule has 2 unspecified atom stereocenters. The summed E-state index contributed by atoms with van der Waals surface area (Å²) in [5, 5.41) is 3.91. The van der Waals surface area contributed by atoms with Crippen LogP contribution in [0.15, 0.2) is 4.52 Å². The number of nitrogens with zero attached hydrogens (tertiary/aromatic N) is 3. The van der Waals surface area contributed by atoms with Gasteiger partial charge in [0.05, 0.1) is 25.3 Å². The summed E-state index contributed by atoms with van der Waals surface area (Å²) >= 11 is 0. The number of hydrogen-bond acceptors (Lipinski definition) is 6. The van der Waals surface area contributed by atoms with Crippen LogP contribution < -0.4 is 5.73 Å². The molecule has 0 spiro atoms. The molecule has 0 bridgehead atoms. The summed E-state index contributed by atoms with van der Waals surface area (Å²) in [4.78, 5) is 6.51. The standard InChI is InChI=1S/C11H20N4O2.ClH/c1-3-9-6-15(5-8(2)16-9)7-10-13-11(4-12)17-14-10;/h8-9H,3-7,12H2,1-2H3;1H. The molecular weight excluding hydrogens is 256 g/mol. The smallest absolute Gasteiger partial charge is 0.240 e. The first-order valence-electron chi connectivity index (χ1n) is 6.10. The van der Waals surface area contributed by atoms with E-state index in [-0.39, 0.29) is 18.5 Å². The van der Waals surface area contributed by atoms with Crippen LogP contribution >= 0.6 is 12.4 Å². The molecule has 2 heterocycles. The lowest BCUT2D eigenvalue weighted by Gasteiger charge is -2.35. The Kier molecular flexibility index (Phi) is 6.01. The Labute approximate surface area is 113 Å². The van der Waals surface area contributed by atoms with Gasteiger partial charge in [-0.1, -0.05) is 12.1 Å². The maximum absolute atomic E-state index is 5.80. The van der Waals surface area contributed by atoms with Crippen LogP contribution in [0.3, 0.4) is 0 Å². The van der Waals surface area contributed by atoms with Gasteiger partial charge in [0, 0.05) is 13.1 Å². The van der Waals surface area contributed by atoms with Gasteiger partial charge >= 0.3 is 0 Å². The zero-order valence-electron chi connectivity index (χ0n) is 10.8. The number of halogens is 1. The fourth-order valence-corrected chi connectivity index (χ4v) is 2.13. The SMILES string of the molecule is CCC1CN(Cc2noc(CN)n2)CC(C)O1.Cl. The lowest BCUT2D eigenvalue weighted by molar-refractivity contribution is -0.0807. The maximum atomic E-state index is 5.80. The molecule has 1 aliphatic rings. The van der Waals surface area contributed by atoms with Crippen LogP contribution in [0, 0.1) is 0 Å². The lowest BCUT2D eigenvalue weighted by atomic mass is 10.2. The average Bonchev–Trinajstić information content (AvgIpc) is 2.76. The van der Waals surface area contributed by atoms with Crippen LogP contribution in [-0.4, -0.2) is 40.3 Å². The predicted octanol–water partition coefficient (Wildman–Crippen LogP) is 0.949. The van der Waals surface area contributed by atoms with Gasteiger partial charge in [0.1, 0.15) is 0 Å². The van der Waals surface area contributed by atoms with E-state index in [1.54, 1.807) is 0 Å². The van der Waals surface area contributed by atoms with Crippen molar-refractivity contribution in [2.24, 2.45) is 5.73 Å². The first-order valence-corrected chi connectivity index (χ1v) is 6.10. The van der Waals surface area contributed by atoms with E-state index in [2.05, 4.69) is 28.9 Å². The van der Waals surface area contributed by atoms with Crippen molar-refractivity contribution in [3.8, 4) is 0 Å². The zero-order valence-corrected chi connectivity index (χ0v) is 11.7. The van der Waals surface area contributed by atoms with Gasteiger partial charge in [-0.2, -0.15) is 4.98 Å². The van der Waals surface area contributed by atoms with Crippen LogP contribution in [-0.2, 0) is 17.8 Å². The summed E-state index contributed by atoms with van der Waals surface area (Å²) in [7, 11) is 0. The molecule has 0 radical (unpaired) electrons. The van der Waals surface area contributed by atoms with E-state index in [0.29, 0.717) is 30.9 Å². The molecule has 18 heavy (non-hydrogen) atoms. The van der Waals surface area contributed by atoms with Crippen molar-refractivity contribution in [2.45, 2.75) is 45.6 Å². The molecule has 1 fully saturated rings. The summed E-state index contributed by atoms with van der Waals surface area (Å²) < 4.78 is 10.8. The van der Waals surface area contributed by atoms with E-state index in [0.717, 1.165) is 19.5 Å². The highest BCUT2D eigenvalue weighted by Gasteiger charge is 2.25. The number of hydrogen-bond donors (Lipinski definition) is 1. The first-order chi connectivity index (χ1) is 8.21. The van der Waals surface area contributed by atoms with Gasteiger partial charge in [0.25, 0.3) is 0 Å². The van der Waals surface area contributed by atoms with E-state index >= 15 is 0 Å². The van der Waals surface area contributed by atoms with Crippen LogP contribution in [0.1, 0.15) is 32.0 Å². The number of rotatable bonds is 4. The van der Waals surface area contributed by atoms with Crippen molar-refractivity contribution < 1.29 is 9.26 Å². The molecule has 0 aliphatic carbocycles. The largest absolute Gasteiger partial charge is 0.373 e. The second-order valence-corrected chi connectivity index (χ2v) is 4.48. The molecule has 7 heteroatoms. The van der Waals surface area contributed by atoms with Crippen molar-refractivity contribution in [2.75, 3.05) is 13.1 Å². The van der Waals surface area contributed by atoms with Crippen molar-refractivity contribution in [3.63, 3.8) is 0 Å². The van der Waals surface area contributed by atoms with Crippen LogP contribution in [0.5, 0.6) is 0 Å². The van der Waals surface area contributed by atoms with E-state index in [9.17, 15) is 0 Å². The molecule has 104 valence electrons. The Bertz CT molecular complexity index is 361. The second kappa shape index (κ2) is 7.04. The van der Waals surface area contributed by atoms with Crippen molar-refractivity contribution >= 4 is 12.4 Å². The molecule has 0 saturated carbocycles. The van der Waals surface area contributed by atoms with Gasteiger partial charge in [0.15, 0.2) is 5.82 Å². The number of aromatic nitrogens is 2. The molecule has 2 N–H and O–H groups in total. The molecule has 1 aromatic rings. The Morgan fingerprint density at radius 3 is 2.83 bits per heavy atom. The molecule has 0 amide bonds. The molecule has 1 aliphatic heterocycles. The Morgan fingerprint density at radius 1 is 1.44 bits per heavy atom. The second-order valence-electron chi connectivity index (χ2n) is 4.48. The van der Waals surface area contributed by atoms with Gasteiger partial charge < -0.3 is 15.0 Å². The summed E-state index contributed by atoms with van der Waals surface area (Å²) in [5.41, 5.74) is 5.43. The number of ether oxygens (including phenoxy) is 1. The summed E-state index contributed by atoms with van der Waals surface area (Å²) in [6.07, 6.45) is 1.59. The zero-order chi connectivity index (χ0) is 12.3. The van der Waals surface area contributed by atoms with Crippen molar-refractivity contribution in [3.05, 3.63) is 11.7 Å². The van der Waals surface area contributed by atoms with E-state index in [1.165, 1.54) is 0 Å². The van der Waals surface area contributed by atoms with E-state index in [1.807, 2.05) is 0 Å². The molecule has 6 nitrogen and oxygen atoms in total. The van der Waals surface area contributed by atoms with E-state index < -0.39 is 0 Å². The van der Waals surface area contributed by atoms with Crippen molar-refractivity contribution in [1.82, 2.24) is 15.0 Å². The quantitative estimate of drug-likeness (QED) is 0.882. The first kappa shape index (κ1) is 15.4. The average molecular weight is 277 g/mol. The van der Waals surface area contributed by atoms with Gasteiger partial charge in [-0.15, -0.1) is 12.4 Å². The molecule has 1 aromatic heterocycles. The van der Waals surface area contributed by atoms with Gasteiger partial charge in [-0.05, 0) is 13.3 Å². The summed E-state index contributed by atoms with van der Waals surface area (Å²) in [6.45, 7) is 7.06. The van der Waals surface area contributed by atoms with Crippen LogP contribution in [0.4, 0.5) is 0 Å². The minimum absolute atomic E-state index is 0. The third kappa shape index (κ3) is 3.91. The molecule has 0 aromatic carbocycles. The normalized spacial score (nSPS) is 24.8. The minimum atomic E-state index is 0. The third-order valence-electron chi connectivity index (χ3n) is 2.91. The highest BCUT2D eigenvalue weighted by atomic mass is 35.5. The van der Waals surface area contributed by atoms with E-state index in [4.69, 9.17) is 15.0 Å². The maximum Gasteiger partial charge on any atom is 0.240 e. The molecule has 2 atom stereocenters. The topological polar surface area (TPSA) is 77.4 Å². The Balaban J connectivity index is 0.00000162. The van der Waals surface area contributed by atoms with Gasteiger partial charge in [-0.25, -0.2) is 0 Å². The monoisotopic (exact) mass is 276 g/mol. The Hall–Kier alpha value is -0.690.